The number of hydrogen-bond acceptors (Lipinski definition) is 7. The van der Waals surface area contributed by atoms with Gasteiger partial charge in [-0.15, -0.1) is 16.9 Å². The van der Waals surface area contributed by atoms with Gasteiger partial charge in [0.1, 0.15) is 47.1 Å². The first kappa shape index (κ1) is 25.5. The van der Waals surface area contributed by atoms with Crippen molar-refractivity contribution in [1.29, 1.82) is 0 Å². The smallest absolute Gasteiger partial charge is 0.200 e. The van der Waals surface area contributed by atoms with Gasteiger partial charge >= 0.3 is 0 Å². The highest BCUT2D eigenvalue weighted by Crippen LogP contribution is 2.43. The number of halogens is 3. The van der Waals surface area contributed by atoms with Crippen molar-refractivity contribution in [2.75, 3.05) is 13.7 Å². The SMILES string of the molecule is [C-]#[N+]c1ccc(Cl)cc1S[C@H]1OC(CO)[C@H](O)C(n2cc(-c3cc(F)c(C)c(F)c3)nn2)[C@@H]1OC. The molecule has 4 rings (SSSR count). The third-order valence-corrected chi connectivity index (χ3v) is 7.20. The summed E-state index contributed by atoms with van der Waals surface area (Å²) < 4.78 is 41.1. The molecule has 1 aromatic heterocycles. The fraction of sp³-hybridized carbons (Fsp3) is 0.348. The second kappa shape index (κ2) is 10.6. The summed E-state index contributed by atoms with van der Waals surface area (Å²) in [6, 6.07) is 6.24. The van der Waals surface area contributed by atoms with Crippen LogP contribution in [-0.4, -0.2) is 62.7 Å². The lowest BCUT2D eigenvalue weighted by molar-refractivity contribution is -0.186. The monoisotopic (exact) mass is 522 g/mol. The number of rotatable bonds is 6. The molecule has 2 heterocycles. The first-order valence-electron chi connectivity index (χ1n) is 10.5. The highest BCUT2D eigenvalue weighted by molar-refractivity contribution is 8.00. The molecule has 8 nitrogen and oxygen atoms in total. The number of ether oxygens (including phenoxy) is 2. The van der Waals surface area contributed by atoms with Crippen LogP contribution < -0.4 is 0 Å². The molecule has 0 bridgehead atoms. The Morgan fingerprint density at radius 1 is 1.29 bits per heavy atom. The molecule has 5 atom stereocenters. The van der Waals surface area contributed by atoms with Crippen molar-refractivity contribution >= 4 is 29.1 Å². The number of aromatic nitrogens is 3. The average Bonchev–Trinajstić information content (AvgIpc) is 3.32. The van der Waals surface area contributed by atoms with Crippen molar-refractivity contribution in [2.45, 2.75) is 41.6 Å². The third kappa shape index (κ3) is 5.04. The van der Waals surface area contributed by atoms with E-state index in [-0.39, 0.29) is 16.8 Å². The summed E-state index contributed by atoms with van der Waals surface area (Å²) in [5.41, 5.74) is -0.159. The predicted octanol–water partition coefficient (Wildman–Crippen LogP) is 4.16. The Morgan fingerprint density at radius 2 is 2.00 bits per heavy atom. The summed E-state index contributed by atoms with van der Waals surface area (Å²) >= 11 is 7.28. The third-order valence-electron chi connectivity index (χ3n) is 5.77. The molecule has 1 aliphatic rings. The Balaban J connectivity index is 1.70. The Bertz CT molecular complexity index is 1250. The summed E-state index contributed by atoms with van der Waals surface area (Å²) in [6.45, 7) is 8.26. The molecular weight excluding hydrogens is 502 g/mol. The summed E-state index contributed by atoms with van der Waals surface area (Å²) in [4.78, 5) is 4.04. The zero-order valence-corrected chi connectivity index (χ0v) is 20.2. The minimum Gasteiger partial charge on any atom is -0.394 e. The average molecular weight is 523 g/mol. The summed E-state index contributed by atoms with van der Waals surface area (Å²) in [5, 5.41) is 29.3. The number of aliphatic hydroxyl groups excluding tert-OH is 2. The van der Waals surface area contributed by atoms with E-state index in [2.05, 4.69) is 15.2 Å². The van der Waals surface area contributed by atoms with Crippen LogP contribution in [-0.2, 0) is 9.47 Å². The summed E-state index contributed by atoms with van der Waals surface area (Å²) in [7, 11) is 1.43. The molecule has 35 heavy (non-hydrogen) atoms. The molecule has 1 aliphatic heterocycles. The Kier molecular flexibility index (Phi) is 7.70. The van der Waals surface area contributed by atoms with Gasteiger partial charge in [0.15, 0.2) is 0 Å². The molecule has 0 spiro atoms. The lowest BCUT2D eigenvalue weighted by Crippen LogP contribution is -2.55. The fourth-order valence-electron chi connectivity index (χ4n) is 3.86. The number of nitrogens with zero attached hydrogens (tertiary/aromatic N) is 4. The quantitative estimate of drug-likeness (QED) is 0.469. The van der Waals surface area contributed by atoms with Gasteiger partial charge < -0.3 is 19.7 Å². The van der Waals surface area contributed by atoms with Crippen molar-refractivity contribution in [3.8, 4) is 11.3 Å². The number of benzene rings is 2. The first-order valence-corrected chi connectivity index (χ1v) is 11.7. The molecule has 2 N–H and O–H groups in total. The molecule has 1 fully saturated rings. The van der Waals surface area contributed by atoms with Crippen molar-refractivity contribution in [1.82, 2.24) is 15.0 Å². The van der Waals surface area contributed by atoms with E-state index in [1.54, 1.807) is 18.2 Å². The van der Waals surface area contributed by atoms with Crippen molar-refractivity contribution in [3.05, 3.63) is 70.2 Å². The molecule has 0 aliphatic carbocycles. The standard InChI is InChI=1S/C23H21ClF2N4O4S/c1-11-14(25)6-12(7-15(11)26)17-9-30(29-28-17)20-21(32)18(10-31)34-23(22(20)33-3)35-19-8-13(24)4-5-16(19)27-2/h4-9,18,20-23,31-32H,10H2,1,3H3/t18?,20?,21-,22-,23+/m0/s1. The minimum atomic E-state index is -1.25. The Labute approximate surface area is 209 Å². The lowest BCUT2D eigenvalue weighted by Gasteiger charge is -2.43. The zero-order chi connectivity index (χ0) is 25.3. The molecule has 12 heteroatoms. The molecule has 1 saturated heterocycles. The van der Waals surface area contributed by atoms with E-state index >= 15 is 0 Å². The van der Waals surface area contributed by atoms with Gasteiger partial charge in [-0.1, -0.05) is 28.9 Å². The first-order chi connectivity index (χ1) is 16.8. The molecule has 2 aromatic carbocycles. The maximum Gasteiger partial charge on any atom is 0.200 e. The topological polar surface area (TPSA) is 94.0 Å². The molecular formula is C23H21ClF2N4O4S. The second-order valence-corrected chi connectivity index (χ2v) is 9.47. The van der Waals surface area contributed by atoms with E-state index in [0.29, 0.717) is 15.6 Å². The van der Waals surface area contributed by atoms with Gasteiger partial charge in [-0.2, -0.15) is 0 Å². The van der Waals surface area contributed by atoms with Gasteiger partial charge in [-0.3, -0.25) is 0 Å². The van der Waals surface area contributed by atoms with Crippen molar-refractivity contribution in [3.63, 3.8) is 0 Å². The van der Waals surface area contributed by atoms with Gasteiger partial charge in [-0.25, -0.2) is 18.3 Å². The fourth-order valence-corrected chi connectivity index (χ4v) is 5.38. The minimum absolute atomic E-state index is 0.106. The van der Waals surface area contributed by atoms with Crippen molar-refractivity contribution in [2.24, 2.45) is 0 Å². The van der Waals surface area contributed by atoms with Gasteiger partial charge in [0, 0.05) is 28.2 Å². The normalized spacial score (nSPS) is 24.3. The highest BCUT2D eigenvalue weighted by Gasteiger charge is 2.47. The number of aliphatic hydroxyl groups is 2. The largest absolute Gasteiger partial charge is 0.394 e. The van der Waals surface area contributed by atoms with Gasteiger partial charge in [0.05, 0.1) is 19.4 Å². The van der Waals surface area contributed by atoms with Crippen LogP contribution in [0.3, 0.4) is 0 Å². The number of methoxy groups -OCH3 is 1. The van der Waals surface area contributed by atoms with Crippen LogP contribution in [0, 0.1) is 25.1 Å². The number of hydrogen-bond donors (Lipinski definition) is 2. The van der Waals surface area contributed by atoms with Crippen LogP contribution >= 0.6 is 23.4 Å². The van der Waals surface area contributed by atoms with E-state index in [4.69, 9.17) is 27.6 Å². The molecule has 0 amide bonds. The van der Waals surface area contributed by atoms with Crippen LogP contribution in [0.5, 0.6) is 0 Å². The maximum atomic E-state index is 14.1. The van der Waals surface area contributed by atoms with E-state index < -0.39 is 48.0 Å². The molecule has 2 unspecified atom stereocenters. The van der Waals surface area contributed by atoms with E-state index in [1.807, 2.05) is 0 Å². The summed E-state index contributed by atoms with van der Waals surface area (Å²) in [5.74, 6) is -1.44. The van der Waals surface area contributed by atoms with Crippen LogP contribution in [0.1, 0.15) is 11.6 Å². The molecule has 0 saturated carbocycles. The maximum absolute atomic E-state index is 14.1. The van der Waals surface area contributed by atoms with Gasteiger partial charge in [-0.05, 0) is 25.1 Å². The van der Waals surface area contributed by atoms with Crippen LogP contribution in [0.15, 0.2) is 41.4 Å². The number of thioether (sulfide) groups is 1. The highest BCUT2D eigenvalue weighted by atomic mass is 35.5. The van der Waals surface area contributed by atoms with Gasteiger partial charge in [0.25, 0.3) is 0 Å². The van der Waals surface area contributed by atoms with E-state index in [1.165, 1.54) is 24.9 Å². The van der Waals surface area contributed by atoms with Crippen molar-refractivity contribution < 1.29 is 28.5 Å². The van der Waals surface area contributed by atoms with Gasteiger partial charge in [0.2, 0.25) is 5.69 Å². The van der Waals surface area contributed by atoms with E-state index in [9.17, 15) is 19.0 Å². The molecule has 3 aromatic rings. The van der Waals surface area contributed by atoms with Crippen LogP contribution in [0.4, 0.5) is 14.5 Å². The Hall–Kier alpha value is -2.59. The lowest BCUT2D eigenvalue weighted by atomic mass is 9.97. The summed E-state index contributed by atoms with van der Waals surface area (Å²) in [6.07, 6.45) is -1.62. The predicted molar refractivity (Wildman–Crippen MR) is 125 cm³/mol. The molecule has 184 valence electrons. The van der Waals surface area contributed by atoms with Crippen LogP contribution in [0.2, 0.25) is 5.02 Å². The van der Waals surface area contributed by atoms with Crippen LogP contribution in [0.25, 0.3) is 16.1 Å². The molecule has 0 radical (unpaired) electrons. The second-order valence-electron chi connectivity index (χ2n) is 7.90. The van der Waals surface area contributed by atoms with E-state index in [0.717, 1.165) is 23.9 Å². The zero-order valence-electron chi connectivity index (χ0n) is 18.6. The Morgan fingerprint density at radius 3 is 2.63 bits per heavy atom.